The summed E-state index contributed by atoms with van der Waals surface area (Å²) in [5.41, 5.74) is 1.62. The lowest BCUT2D eigenvalue weighted by atomic mass is 10.2. The molecule has 0 saturated heterocycles. The van der Waals surface area contributed by atoms with E-state index in [0.717, 1.165) is 9.87 Å². The van der Waals surface area contributed by atoms with Crippen LogP contribution >= 0.6 is 11.8 Å². The molecule has 0 spiro atoms. The second-order valence-electron chi connectivity index (χ2n) is 5.66. The SMILES string of the molecule is COc1ccc(C)cc1NC(=O)CSc1ccc(S(=O)(=O)N(C)C)cn1. The van der Waals surface area contributed by atoms with Crippen molar-refractivity contribution in [2.45, 2.75) is 16.8 Å². The van der Waals surface area contributed by atoms with Gasteiger partial charge >= 0.3 is 0 Å². The monoisotopic (exact) mass is 395 g/mol. The van der Waals surface area contributed by atoms with Gasteiger partial charge in [-0.25, -0.2) is 17.7 Å². The summed E-state index contributed by atoms with van der Waals surface area (Å²) in [4.78, 5) is 16.4. The Morgan fingerprint density at radius 2 is 2.00 bits per heavy atom. The molecule has 9 heteroatoms. The highest BCUT2D eigenvalue weighted by molar-refractivity contribution is 7.99. The van der Waals surface area contributed by atoms with Crippen molar-refractivity contribution >= 4 is 33.4 Å². The van der Waals surface area contributed by atoms with E-state index in [9.17, 15) is 13.2 Å². The van der Waals surface area contributed by atoms with E-state index in [1.165, 1.54) is 38.1 Å². The normalized spacial score (nSPS) is 11.4. The number of pyridine rings is 1. The van der Waals surface area contributed by atoms with E-state index in [1.54, 1.807) is 19.2 Å². The molecule has 1 heterocycles. The maximum absolute atomic E-state index is 12.2. The van der Waals surface area contributed by atoms with Gasteiger partial charge in [-0.2, -0.15) is 0 Å². The van der Waals surface area contributed by atoms with E-state index >= 15 is 0 Å². The van der Waals surface area contributed by atoms with Crippen LogP contribution in [0.4, 0.5) is 5.69 Å². The van der Waals surface area contributed by atoms with E-state index in [0.29, 0.717) is 16.5 Å². The Hall–Kier alpha value is -2.10. The van der Waals surface area contributed by atoms with Crippen LogP contribution in [0.5, 0.6) is 5.75 Å². The van der Waals surface area contributed by atoms with Gasteiger partial charge in [0.05, 0.1) is 23.6 Å². The predicted octanol–water partition coefficient (Wildman–Crippen LogP) is 2.38. The van der Waals surface area contributed by atoms with Gasteiger partial charge in [0.1, 0.15) is 10.6 Å². The van der Waals surface area contributed by atoms with Gasteiger partial charge in [-0.15, -0.1) is 0 Å². The molecule has 0 atom stereocenters. The zero-order valence-corrected chi connectivity index (χ0v) is 16.6. The average molecular weight is 396 g/mol. The smallest absolute Gasteiger partial charge is 0.244 e. The first-order valence-corrected chi connectivity index (χ1v) is 10.1. The standard InChI is InChI=1S/C17H21N3O4S2/c1-12-5-7-15(24-4)14(9-12)19-16(21)11-25-17-8-6-13(10-18-17)26(22,23)20(2)3/h5-10H,11H2,1-4H3,(H,19,21). The topological polar surface area (TPSA) is 88.6 Å². The number of hydrogen-bond donors (Lipinski definition) is 1. The van der Waals surface area contributed by atoms with Crippen LogP contribution in [0.2, 0.25) is 0 Å². The van der Waals surface area contributed by atoms with Gasteiger partial charge in [0.2, 0.25) is 15.9 Å². The van der Waals surface area contributed by atoms with Crippen molar-refractivity contribution in [3.63, 3.8) is 0 Å². The molecule has 0 aliphatic carbocycles. The number of thioether (sulfide) groups is 1. The molecule has 0 saturated carbocycles. The number of aromatic nitrogens is 1. The van der Waals surface area contributed by atoms with Crippen molar-refractivity contribution in [3.8, 4) is 5.75 Å². The highest BCUT2D eigenvalue weighted by atomic mass is 32.2. The second kappa shape index (κ2) is 8.52. The van der Waals surface area contributed by atoms with Crippen LogP contribution in [-0.2, 0) is 14.8 Å². The molecule has 2 aromatic rings. The maximum Gasteiger partial charge on any atom is 0.244 e. The van der Waals surface area contributed by atoms with Crippen molar-refractivity contribution in [2.24, 2.45) is 0 Å². The minimum Gasteiger partial charge on any atom is -0.495 e. The van der Waals surface area contributed by atoms with Crippen LogP contribution in [0.3, 0.4) is 0 Å². The number of ether oxygens (including phenoxy) is 1. The van der Waals surface area contributed by atoms with Gasteiger partial charge in [-0.3, -0.25) is 4.79 Å². The van der Waals surface area contributed by atoms with Crippen molar-refractivity contribution in [1.82, 2.24) is 9.29 Å². The summed E-state index contributed by atoms with van der Waals surface area (Å²) in [6.45, 7) is 1.93. The molecule has 26 heavy (non-hydrogen) atoms. The first kappa shape index (κ1) is 20.2. The number of nitrogens with one attached hydrogen (secondary N) is 1. The molecule has 1 N–H and O–H groups in total. The number of benzene rings is 1. The van der Waals surface area contributed by atoms with Crippen molar-refractivity contribution in [1.29, 1.82) is 0 Å². The van der Waals surface area contributed by atoms with Crippen LogP contribution in [0.25, 0.3) is 0 Å². The lowest BCUT2D eigenvalue weighted by Gasteiger charge is -2.12. The minimum atomic E-state index is -3.51. The van der Waals surface area contributed by atoms with E-state index in [-0.39, 0.29) is 16.6 Å². The third kappa shape index (κ3) is 4.96. The quantitative estimate of drug-likeness (QED) is 0.724. The van der Waals surface area contributed by atoms with Crippen molar-refractivity contribution in [3.05, 3.63) is 42.1 Å². The van der Waals surface area contributed by atoms with Gasteiger partial charge in [-0.1, -0.05) is 17.8 Å². The Morgan fingerprint density at radius 3 is 2.58 bits per heavy atom. The molecule has 0 aliphatic rings. The summed E-state index contributed by atoms with van der Waals surface area (Å²) in [5, 5.41) is 3.37. The molecule has 0 bridgehead atoms. The second-order valence-corrected chi connectivity index (χ2v) is 8.81. The number of aryl methyl sites for hydroxylation is 1. The first-order chi connectivity index (χ1) is 12.2. The van der Waals surface area contributed by atoms with Gasteiger partial charge in [0, 0.05) is 20.3 Å². The fourth-order valence-corrected chi connectivity index (χ4v) is 3.55. The number of carbonyl (C=O) groups is 1. The lowest BCUT2D eigenvalue weighted by molar-refractivity contribution is -0.113. The largest absolute Gasteiger partial charge is 0.495 e. The number of rotatable bonds is 7. The zero-order valence-electron chi connectivity index (χ0n) is 15.0. The summed E-state index contributed by atoms with van der Waals surface area (Å²) >= 11 is 1.22. The Labute approximate surface area is 157 Å². The van der Waals surface area contributed by atoms with Gasteiger partial charge in [0.15, 0.2) is 0 Å². The third-order valence-electron chi connectivity index (χ3n) is 3.47. The van der Waals surface area contributed by atoms with E-state index in [4.69, 9.17) is 4.74 Å². The third-order valence-corrected chi connectivity index (χ3v) is 6.21. The van der Waals surface area contributed by atoms with Crippen molar-refractivity contribution < 1.29 is 17.9 Å². The van der Waals surface area contributed by atoms with Gasteiger partial charge in [0.25, 0.3) is 0 Å². The van der Waals surface area contributed by atoms with Crippen LogP contribution in [0, 0.1) is 6.92 Å². The number of carbonyl (C=O) groups excluding carboxylic acids is 1. The molecule has 0 radical (unpaired) electrons. The summed E-state index contributed by atoms with van der Waals surface area (Å²) in [6, 6.07) is 8.59. The summed E-state index contributed by atoms with van der Waals surface area (Å²) < 4.78 is 30.4. The van der Waals surface area contributed by atoms with Crippen LogP contribution in [-0.4, -0.2) is 50.6 Å². The molecule has 1 aromatic heterocycles. The minimum absolute atomic E-state index is 0.112. The van der Waals surface area contributed by atoms with E-state index in [1.807, 2.05) is 19.1 Å². The van der Waals surface area contributed by atoms with Gasteiger partial charge in [-0.05, 0) is 36.8 Å². The Balaban J connectivity index is 1.99. The van der Waals surface area contributed by atoms with Crippen LogP contribution in [0.1, 0.15) is 5.56 Å². The molecular formula is C17H21N3O4S2. The molecular weight excluding hydrogens is 374 g/mol. The van der Waals surface area contributed by atoms with E-state index < -0.39 is 10.0 Å². The average Bonchev–Trinajstić information content (AvgIpc) is 2.60. The highest BCUT2D eigenvalue weighted by Crippen LogP contribution is 2.26. The first-order valence-electron chi connectivity index (χ1n) is 7.70. The summed E-state index contributed by atoms with van der Waals surface area (Å²) in [7, 11) is 0.955. The molecule has 0 aliphatic heterocycles. The van der Waals surface area contributed by atoms with Crippen LogP contribution < -0.4 is 10.1 Å². The number of sulfonamides is 1. The lowest BCUT2D eigenvalue weighted by Crippen LogP contribution is -2.22. The maximum atomic E-state index is 12.2. The van der Waals surface area contributed by atoms with Gasteiger partial charge < -0.3 is 10.1 Å². The van der Waals surface area contributed by atoms with Crippen LogP contribution in [0.15, 0.2) is 46.5 Å². The fraction of sp³-hybridized carbons (Fsp3) is 0.294. The molecule has 0 unspecified atom stereocenters. The molecule has 2 rings (SSSR count). The highest BCUT2D eigenvalue weighted by Gasteiger charge is 2.17. The number of amides is 1. The molecule has 0 fully saturated rings. The Kier molecular flexibility index (Phi) is 6.63. The zero-order chi connectivity index (χ0) is 19.3. The fourth-order valence-electron chi connectivity index (χ4n) is 2.06. The number of methoxy groups -OCH3 is 1. The molecule has 1 amide bonds. The van der Waals surface area contributed by atoms with Crippen molar-refractivity contribution in [2.75, 3.05) is 32.3 Å². The number of anilines is 1. The Morgan fingerprint density at radius 1 is 1.27 bits per heavy atom. The summed E-state index contributed by atoms with van der Waals surface area (Å²) in [5.74, 6) is 0.528. The molecule has 140 valence electrons. The summed E-state index contributed by atoms with van der Waals surface area (Å²) in [6.07, 6.45) is 1.29. The van der Waals surface area contributed by atoms with E-state index in [2.05, 4.69) is 10.3 Å². The molecule has 7 nitrogen and oxygen atoms in total. The Bertz CT molecular complexity index is 881. The number of hydrogen-bond acceptors (Lipinski definition) is 6. The number of nitrogens with zero attached hydrogens (tertiary/aromatic N) is 2. The molecule has 1 aromatic carbocycles. The predicted molar refractivity (Wildman–Crippen MR) is 102 cm³/mol.